The van der Waals surface area contributed by atoms with Gasteiger partial charge in [-0.25, -0.2) is 0 Å². The first-order chi connectivity index (χ1) is 7.84. The van der Waals surface area contributed by atoms with E-state index in [0.717, 1.165) is 5.56 Å². The SMILES string of the molecule is COc1cc(/C=C/[C@H](O)C(C)(C)C)ccc1O. The standard InChI is InChI=1S/C14H20O3/c1-14(2,3)13(16)8-6-10-5-7-11(15)12(9-10)17-4/h5-9,13,15-16H,1-4H3/b8-6+/t13-/m0/s1. The first-order valence-electron chi connectivity index (χ1n) is 5.58. The van der Waals surface area contributed by atoms with Gasteiger partial charge in [0.05, 0.1) is 13.2 Å². The maximum absolute atomic E-state index is 9.86. The number of aromatic hydroxyl groups is 1. The monoisotopic (exact) mass is 236 g/mol. The van der Waals surface area contributed by atoms with Gasteiger partial charge in [0.15, 0.2) is 11.5 Å². The maximum Gasteiger partial charge on any atom is 0.161 e. The van der Waals surface area contributed by atoms with Crippen LogP contribution >= 0.6 is 0 Å². The maximum atomic E-state index is 9.86. The molecule has 3 heteroatoms. The van der Waals surface area contributed by atoms with Gasteiger partial charge in [-0.2, -0.15) is 0 Å². The minimum Gasteiger partial charge on any atom is -0.504 e. The summed E-state index contributed by atoms with van der Waals surface area (Å²) < 4.78 is 5.01. The number of ether oxygens (including phenoxy) is 1. The third-order valence-corrected chi connectivity index (χ3v) is 2.56. The number of aliphatic hydroxyl groups is 1. The number of aliphatic hydroxyl groups excluding tert-OH is 1. The van der Waals surface area contributed by atoms with Crippen molar-refractivity contribution >= 4 is 6.08 Å². The molecule has 1 aromatic carbocycles. The molecule has 0 spiro atoms. The molecule has 0 saturated carbocycles. The van der Waals surface area contributed by atoms with Crippen LogP contribution in [-0.4, -0.2) is 23.4 Å². The van der Waals surface area contributed by atoms with Gasteiger partial charge in [0.2, 0.25) is 0 Å². The fourth-order valence-corrected chi connectivity index (χ4v) is 1.29. The molecule has 0 aliphatic rings. The van der Waals surface area contributed by atoms with Crippen LogP contribution in [0.15, 0.2) is 24.3 Å². The summed E-state index contributed by atoms with van der Waals surface area (Å²) in [6.45, 7) is 5.91. The van der Waals surface area contributed by atoms with Crippen molar-refractivity contribution in [1.29, 1.82) is 0 Å². The molecule has 0 aliphatic carbocycles. The van der Waals surface area contributed by atoms with Crippen molar-refractivity contribution in [3.05, 3.63) is 29.8 Å². The third kappa shape index (κ3) is 3.79. The summed E-state index contributed by atoms with van der Waals surface area (Å²) in [6.07, 6.45) is 3.05. The Morgan fingerprint density at radius 2 is 1.94 bits per heavy atom. The highest BCUT2D eigenvalue weighted by Gasteiger charge is 2.18. The smallest absolute Gasteiger partial charge is 0.161 e. The number of rotatable bonds is 3. The molecule has 0 unspecified atom stereocenters. The Hall–Kier alpha value is -1.48. The summed E-state index contributed by atoms with van der Waals surface area (Å²) >= 11 is 0. The second-order valence-corrected chi connectivity index (χ2v) is 5.10. The number of phenolic OH excluding ortho intramolecular Hbond substituents is 1. The highest BCUT2D eigenvalue weighted by atomic mass is 16.5. The van der Waals surface area contributed by atoms with Crippen LogP contribution in [0.2, 0.25) is 0 Å². The van der Waals surface area contributed by atoms with Crippen LogP contribution in [0.4, 0.5) is 0 Å². The molecule has 2 N–H and O–H groups in total. The first-order valence-corrected chi connectivity index (χ1v) is 5.58. The molecule has 0 heterocycles. The topological polar surface area (TPSA) is 49.7 Å². The van der Waals surface area contributed by atoms with Gasteiger partial charge in [-0.15, -0.1) is 0 Å². The molecule has 94 valence electrons. The number of phenols is 1. The minimum absolute atomic E-state index is 0.112. The normalized spacial score (nSPS) is 13.9. The zero-order valence-corrected chi connectivity index (χ0v) is 10.8. The van der Waals surface area contributed by atoms with Gasteiger partial charge in [-0.05, 0) is 23.1 Å². The van der Waals surface area contributed by atoms with Gasteiger partial charge in [0.1, 0.15) is 0 Å². The predicted octanol–water partition coefficient (Wildman–Crippen LogP) is 2.82. The van der Waals surface area contributed by atoms with Crippen LogP contribution in [0.5, 0.6) is 11.5 Å². The lowest BCUT2D eigenvalue weighted by Crippen LogP contribution is -2.23. The Morgan fingerprint density at radius 1 is 1.29 bits per heavy atom. The fourth-order valence-electron chi connectivity index (χ4n) is 1.29. The molecule has 0 saturated heterocycles. The Kier molecular flexibility index (Phi) is 4.18. The quantitative estimate of drug-likeness (QED) is 0.848. The van der Waals surface area contributed by atoms with E-state index in [1.165, 1.54) is 7.11 Å². The molecule has 0 bridgehead atoms. The van der Waals surface area contributed by atoms with Crippen molar-refractivity contribution in [2.45, 2.75) is 26.9 Å². The molecule has 0 aromatic heterocycles. The molecule has 3 nitrogen and oxygen atoms in total. The molecule has 1 aromatic rings. The van der Waals surface area contributed by atoms with Crippen LogP contribution in [0.1, 0.15) is 26.3 Å². The Labute approximate surface area is 102 Å². The summed E-state index contributed by atoms with van der Waals surface area (Å²) in [6, 6.07) is 5.06. The molecular weight excluding hydrogens is 216 g/mol. The van der Waals surface area contributed by atoms with E-state index in [9.17, 15) is 10.2 Å². The lowest BCUT2D eigenvalue weighted by molar-refractivity contribution is 0.106. The van der Waals surface area contributed by atoms with Gasteiger partial charge in [0.25, 0.3) is 0 Å². The Morgan fingerprint density at radius 3 is 2.47 bits per heavy atom. The molecule has 1 rings (SSSR count). The van der Waals surface area contributed by atoms with Crippen LogP contribution < -0.4 is 4.74 Å². The van der Waals surface area contributed by atoms with E-state index in [-0.39, 0.29) is 11.2 Å². The molecule has 0 aliphatic heterocycles. The van der Waals surface area contributed by atoms with E-state index in [1.807, 2.05) is 26.8 Å². The van der Waals surface area contributed by atoms with Crippen LogP contribution in [0.25, 0.3) is 6.08 Å². The lowest BCUT2D eigenvalue weighted by atomic mass is 9.89. The van der Waals surface area contributed by atoms with Crippen LogP contribution in [-0.2, 0) is 0 Å². The number of hydrogen-bond acceptors (Lipinski definition) is 3. The molecule has 0 amide bonds. The average molecular weight is 236 g/mol. The second-order valence-electron chi connectivity index (χ2n) is 5.10. The van der Waals surface area contributed by atoms with E-state index in [4.69, 9.17) is 4.74 Å². The van der Waals surface area contributed by atoms with Gasteiger partial charge < -0.3 is 14.9 Å². The Bertz CT molecular complexity index is 402. The van der Waals surface area contributed by atoms with Gasteiger partial charge in [-0.3, -0.25) is 0 Å². The Balaban J connectivity index is 2.85. The van der Waals surface area contributed by atoms with E-state index >= 15 is 0 Å². The highest BCUT2D eigenvalue weighted by Crippen LogP contribution is 2.27. The number of benzene rings is 1. The largest absolute Gasteiger partial charge is 0.504 e. The predicted molar refractivity (Wildman–Crippen MR) is 69.2 cm³/mol. The summed E-state index contributed by atoms with van der Waals surface area (Å²) in [5.74, 6) is 0.540. The van der Waals surface area contributed by atoms with Crippen molar-refractivity contribution in [2.24, 2.45) is 5.41 Å². The summed E-state index contributed by atoms with van der Waals surface area (Å²) in [5, 5.41) is 19.3. The molecule has 0 radical (unpaired) electrons. The average Bonchev–Trinajstić information content (AvgIpc) is 2.26. The van der Waals surface area contributed by atoms with E-state index in [2.05, 4.69) is 0 Å². The zero-order chi connectivity index (χ0) is 13.1. The molecule has 17 heavy (non-hydrogen) atoms. The zero-order valence-electron chi connectivity index (χ0n) is 10.8. The summed E-state index contributed by atoms with van der Waals surface area (Å²) in [7, 11) is 1.51. The third-order valence-electron chi connectivity index (χ3n) is 2.56. The lowest BCUT2D eigenvalue weighted by Gasteiger charge is -2.22. The highest BCUT2D eigenvalue weighted by molar-refractivity contribution is 5.55. The number of methoxy groups -OCH3 is 1. The van der Waals surface area contributed by atoms with E-state index in [1.54, 1.807) is 24.3 Å². The molecule has 1 atom stereocenters. The first kappa shape index (κ1) is 13.6. The fraction of sp³-hybridized carbons (Fsp3) is 0.429. The van der Waals surface area contributed by atoms with Crippen LogP contribution in [0.3, 0.4) is 0 Å². The van der Waals surface area contributed by atoms with Crippen molar-refractivity contribution in [1.82, 2.24) is 0 Å². The second kappa shape index (κ2) is 5.23. The minimum atomic E-state index is -0.512. The molecule has 0 fully saturated rings. The van der Waals surface area contributed by atoms with Crippen molar-refractivity contribution in [3.8, 4) is 11.5 Å². The van der Waals surface area contributed by atoms with Crippen molar-refractivity contribution < 1.29 is 14.9 Å². The number of hydrogen-bond donors (Lipinski definition) is 2. The van der Waals surface area contributed by atoms with E-state index < -0.39 is 6.10 Å². The summed E-state index contributed by atoms with van der Waals surface area (Å²) in [4.78, 5) is 0. The van der Waals surface area contributed by atoms with Crippen LogP contribution in [0, 0.1) is 5.41 Å². The molecular formula is C14H20O3. The summed E-state index contributed by atoms with van der Waals surface area (Å²) in [5.41, 5.74) is 0.695. The van der Waals surface area contributed by atoms with Crippen molar-refractivity contribution in [2.75, 3.05) is 7.11 Å². The van der Waals surface area contributed by atoms with Gasteiger partial charge in [0, 0.05) is 0 Å². The van der Waals surface area contributed by atoms with Gasteiger partial charge in [-0.1, -0.05) is 39.0 Å². The van der Waals surface area contributed by atoms with Crippen molar-refractivity contribution in [3.63, 3.8) is 0 Å². The van der Waals surface area contributed by atoms with Gasteiger partial charge >= 0.3 is 0 Å². The van der Waals surface area contributed by atoms with E-state index in [0.29, 0.717) is 5.75 Å².